The zero-order valence-corrected chi connectivity index (χ0v) is 22.9. The monoisotopic (exact) mass is 571 g/mol. The summed E-state index contributed by atoms with van der Waals surface area (Å²) in [5.74, 6) is 1.15. The van der Waals surface area contributed by atoms with Crippen LogP contribution in [0.1, 0.15) is 24.4 Å². The molecule has 1 atom stereocenters. The first-order valence-electron chi connectivity index (χ1n) is 11.1. The number of aromatic nitrogens is 2. The predicted molar refractivity (Wildman–Crippen MR) is 143 cm³/mol. The third-order valence-corrected chi connectivity index (χ3v) is 8.85. The maximum atomic E-state index is 13.8. The molecule has 0 fully saturated rings. The van der Waals surface area contributed by atoms with E-state index in [1.54, 1.807) is 67.6 Å². The average Bonchev–Trinajstić information content (AvgIpc) is 2.88. The summed E-state index contributed by atoms with van der Waals surface area (Å²) in [6.07, 6.45) is 0. The fourth-order valence-corrected chi connectivity index (χ4v) is 5.79. The molecule has 1 aromatic heterocycles. The number of aryl methyl sites for hydroxylation is 1. The number of methoxy groups -OCH3 is 2. The molecular weight excluding hydrogens is 546 g/mol. The van der Waals surface area contributed by atoms with Crippen molar-refractivity contribution in [2.24, 2.45) is 0 Å². The van der Waals surface area contributed by atoms with E-state index in [2.05, 4.69) is 15.9 Å². The summed E-state index contributed by atoms with van der Waals surface area (Å²) >= 11 is 3.54. The van der Waals surface area contributed by atoms with Crippen molar-refractivity contribution in [1.29, 1.82) is 0 Å². The van der Waals surface area contributed by atoms with Gasteiger partial charge in [-0.05, 0) is 54.0 Å². The van der Waals surface area contributed by atoms with Crippen molar-refractivity contribution in [3.05, 3.63) is 86.9 Å². The SMILES string of the molecule is COc1cc(OC)c(Br)c(-n2c(C(C)N(C)S(=O)(=O)c3ccc(C)cc3)nc3ccccc3c2=O)c1. The predicted octanol–water partition coefficient (Wildman–Crippen LogP) is 4.86. The van der Waals surface area contributed by atoms with Crippen molar-refractivity contribution in [3.63, 3.8) is 0 Å². The molecule has 188 valence electrons. The van der Waals surface area contributed by atoms with E-state index < -0.39 is 16.1 Å². The van der Waals surface area contributed by atoms with Gasteiger partial charge in [-0.1, -0.05) is 29.8 Å². The summed E-state index contributed by atoms with van der Waals surface area (Å²) in [6, 6.07) is 16.1. The number of halogens is 1. The molecule has 4 aromatic rings. The lowest BCUT2D eigenvalue weighted by Crippen LogP contribution is -2.35. The molecule has 0 aliphatic heterocycles. The summed E-state index contributed by atoms with van der Waals surface area (Å²) in [7, 11) is 0.615. The highest BCUT2D eigenvalue weighted by atomic mass is 79.9. The molecule has 10 heteroatoms. The van der Waals surface area contributed by atoms with E-state index in [9.17, 15) is 13.2 Å². The van der Waals surface area contributed by atoms with Crippen molar-refractivity contribution in [3.8, 4) is 17.2 Å². The Labute approximate surface area is 218 Å². The lowest BCUT2D eigenvalue weighted by atomic mass is 10.2. The Balaban J connectivity index is 1.99. The van der Waals surface area contributed by atoms with Gasteiger partial charge in [0.2, 0.25) is 10.0 Å². The molecule has 0 bridgehead atoms. The second kappa shape index (κ2) is 10.0. The Morgan fingerprint density at radius 1 is 1.03 bits per heavy atom. The van der Waals surface area contributed by atoms with Crippen LogP contribution in [0, 0.1) is 6.92 Å². The molecule has 1 heterocycles. The number of nitrogens with zero attached hydrogens (tertiary/aromatic N) is 3. The van der Waals surface area contributed by atoms with Gasteiger partial charge < -0.3 is 9.47 Å². The van der Waals surface area contributed by atoms with E-state index in [0.29, 0.717) is 32.6 Å². The Kier molecular flexibility index (Phi) is 7.21. The lowest BCUT2D eigenvalue weighted by molar-refractivity contribution is 0.377. The maximum Gasteiger partial charge on any atom is 0.266 e. The molecule has 1 unspecified atom stereocenters. The highest BCUT2D eigenvalue weighted by Gasteiger charge is 2.31. The summed E-state index contributed by atoms with van der Waals surface area (Å²) in [4.78, 5) is 18.8. The van der Waals surface area contributed by atoms with Gasteiger partial charge in [0.05, 0.1) is 46.2 Å². The van der Waals surface area contributed by atoms with Crippen LogP contribution in [0.5, 0.6) is 11.5 Å². The van der Waals surface area contributed by atoms with Gasteiger partial charge in [-0.25, -0.2) is 13.4 Å². The molecule has 0 saturated heterocycles. The Hall–Kier alpha value is -3.21. The Morgan fingerprint density at radius 2 is 1.69 bits per heavy atom. The molecule has 0 aliphatic rings. The molecule has 0 spiro atoms. The van der Waals surface area contributed by atoms with Gasteiger partial charge in [0.15, 0.2) is 0 Å². The van der Waals surface area contributed by atoms with E-state index >= 15 is 0 Å². The molecule has 0 amide bonds. The molecule has 0 aliphatic carbocycles. The molecule has 0 N–H and O–H groups in total. The lowest BCUT2D eigenvalue weighted by Gasteiger charge is -2.27. The molecule has 3 aromatic carbocycles. The quantitative estimate of drug-likeness (QED) is 0.315. The summed E-state index contributed by atoms with van der Waals surface area (Å²) in [5.41, 5.74) is 1.48. The van der Waals surface area contributed by atoms with Crippen LogP contribution in [0.4, 0.5) is 0 Å². The maximum absolute atomic E-state index is 13.8. The number of fused-ring (bicyclic) bond motifs is 1. The fraction of sp³-hybridized carbons (Fsp3) is 0.231. The minimum atomic E-state index is -3.89. The third-order valence-electron chi connectivity index (χ3n) is 6.11. The van der Waals surface area contributed by atoms with Gasteiger partial charge in [-0.2, -0.15) is 4.31 Å². The molecule has 0 radical (unpaired) electrons. The van der Waals surface area contributed by atoms with E-state index in [1.165, 1.54) is 30.1 Å². The number of benzene rings is 3. The summed E-state index contributed by atoms with van der Waals surface area (Å²) < 4.78 is 41.0. The number of hydrogen-bond acceptors (Lipinski definition) is 6. The highest BCUT2D eigenvalue weighted by Crippen LogP contribution is 2.37. The Bertz CT molecular complexity index is 1600. The topological polar surface area (TPSA) is 90.7 Å². The number of hydrogen-bond donors (Lipinski definition) is 0. The van der Waals surface area contributed by atoms with E-state index in [1.807, 2.05) is 6.92 Å². The minimum absolute atomic E-state index is 0.154. The van der Waals surface area contributed by atoms with Gasteiger partial charge >= 0.3 is 0 Å². The largest absolute Gasteiger partial charge is 0.497 e. The molecule has 8 nitrogen and oxygen atoms in total. The van der Waals surface area contributed by atoms with Gasteiger partial charge in [0.25, 0.3) is 5.56 Å². The molecule has 36 heavy (non-hydrogen) atoms. The smallest absolute Gasteiger partial charge is 0.266 e. The first-order valence-corrected chi connectivity index (χ1v) is 13.3. The van der Waals surface area contributed by atoms with Crippen molar-refractivity contribution in [2.75, 3.05) is 21.3 Å². The van der Waals surface area contributed by atoms with Crippen LogP contribution in [0.2, 0.25) is 0 Å². The van der Waals surface area contributed by atoms with Crippen LogP contribution in [0.25, 0.3) is 16.6 Å². The van der Waals surface area contributed by atoms with Crippen LogP contribution in [0.15, 0.2) is 74.8 Å². The molecule has 4 rings (SSSR count). The Morgan fingerprint density at radius 3 is 2.33 bits per heavy atom. The van der Waals surface area contributed by atoms with Gasteiger partial charge in [-0.15, -0.1) is 0 Å². The highest BCUT2D eigenvalue weighted by molar-refractivity contribution is 9.10. The van der Waals surface area contributed by atoms with Gasteiger partial charge in [0.1, 0.15) is 17.3 Å². The van der Waals surface area contributed by atoms with Gasteiger partial charge in [-0.3, -0.25) is 9.36 Å². The summed E-state index contributed by atoms with van der Waals surface area (Å²) in [6.45, 7) is 3.59. The molecular formula is C26H26BrN3O5S. The molecule has 0 saturated carbocycles. The van der Waals surface area contributed by atoms with Crippen molar-refractivity contribution in [1.82, 2.24) is 13.9 Å². The minimum Gasteiger partial charge on any atom is -0.497 e. The van der Waals surface area contributed by atoms with Crippen LogP contribution in [-0.2, 0) is 10.0 Å². The van der Waals surface area contributed by atoms with Crippen molar-refractivity contribution in [2.45, 2.75) is 24.8 Å². The number of rotatable bonds is 7. The zero-order valence-electron chi connectivity index (χ0n) is 20.5. The van der Waals surface area contributed by atoms with E-state index in [-0.39, 0.29) is 16.3 Å². The van der Waals surface area contributed by atoms with Crippen LogP contribution >= 0.6 is 15.9 Å². The van der Waals surface area contributed by atoms with Gasteiger partial charge in [0, 0.05) is 19.2 Å². The summed E-state index contributed by atoms with van der Waals surface area (Å²) in [5, 5.41) is 0.395. The van der Waals surface area contributed by atoms with Crippen molar-refractivity contribution < 1.29 is 17.9 Å². The van der Waals surface area contributed by atoms with Crippen molar-refractivity contribution >= 4 is 36.9 Å². The zero-order chi connectivity index (χ0) is 26.2. The van der Waals surface area contributed by atoms with Crippen LogP contribution in [0.3, 0.4) is 0 Å². The van der Waals surface area contributed by atoms with Crippen LogP contribution in [-0.4, -0.2) is 43.5 Å². The fourth-order valence-electron chi connectivity index (χ4n) is 3.90. The first-order chi connectivity index (χ1) is 17.1. The van der Waals surface area contributed by atoms with E-state index in [0.717, 1.165) is 5.56 Å². The second-order valence-corrected chi connectivity index (χ2v) is 11.1. The number of ether oxygens (including phenoxy) is 2. The number of sulfonamides is 1. The normalized spacial score (nSPS) is 12.6. The van der Waals surface area contributed by atoms with Crippen LogP contribution < -0.4 is 15.0 Å². The first kappa shape index (κ1) is 25.9. The number of para-hydroxylation sites is 1. The standard InChI is InChI=1S/C26H26BrN3O5S/c1-16-10-12-19(13-11-16)36(32,33)29(3)17(2)25-28-21-9-7-6-8-20(21)26(31)30(25)22-14-18(34-4)15-23(35-5)24(22)27/h6-15,17H,1-5H3. The van der Waals surface area contributed by atoms with E-state index in [4.69, 9.17) is 14.5 Å². The average molecular weight is 572 g/mol. The third kappa shape index (κ3) is 4.52. The second-order valence-electron chi connectivity index (χ2n) is 8.30.